The monoisotopic (exact) mass is 457 g/mol. The third-order valence-electron chi connectivity index (χ3n) is 3.74. The average Bonchev–Trinajstić information content (AvgIpc) is 2.56. The minimum absolute atomic E-state index is 0.131. The van der Waals surface area contributed by atoms with Gasteiger partial charge in [0, 0.05) is 22.2 Å². The zero-order valence-electron chi connectivity index (χ0n) is 13.7. The van der Waals surface area contributed by atoms with Crippen molar-refractivity contribution in [2.75, 3.05) is 20.6 Å². The molecule has 8 heteroatoms. The summed E-state index contributed by atoms with van der Waals surface area (Å²) in [6, 6.07) is 10.1. The van der Waals surface area contributed by atoms with Crippen molar-refractivity contribution in [2.45, 2.75) is 6.04 Å². The normalized spacial score (nSPS) is 12.0. The molecule has 0 fully saturated rings. The zero-order chi connectivity index (χ0) is 18.6. The number of halogens is 2. The van der Waals surface area contributed by atoms with Crippen molar-refractivity contribution in [3.8, 4) is 0 Å². The van der Waals surface area contributed by atoms with E-state index in [-0.39, 0.29) is 35.6 Å². The summed E-state index contributed by atoms with van der Waals surface area (Å²) in [6.45, 7) is 0.288. The highest BCUT2D eigenvalue weighted by atomic mass is 127. The van der Waals surface area contributed by atoms with Crippen LogP contribution in [0.3, 0.4) is 0 Å². The van der Waals surface area contributed by atoms with E-state index in [2.05, 4.69) is 5.32 Å². The largest absolute Gasteiger partial charge is 0.350 e. The smallest absolute Gasteiger partial charge is 0.270 e. The van der Waals surface area contributed by atoms with Gasteiger partial charge in [0.15, 0.2) is 0 Å². The van der Waals surface area contributed by atoms with E-state index in [1.165, 1.54) is 30.3 Å². The van der Waals surface area contributed by atoms with Gasteiger partial charge in [-0.15, -0.1) is 0 Å². The van der Waals surface area contributed by atoms with Gasteiger partial charge in [-0.1, -0.05) is 12.1 Å². The van der Waals surface area contributed by atoms with Gasteiger partial charge in [-0.05, 0) is 60.4 Å². The number of nitro benzene ring substituents is 1. The minimum atomic E-state index is -0.534. The van der Waals surface area contributed by atoms with E-state index in [1.54, 1.807) is 12.1 Å². The number of likely N-dealkylation sites (N-methyl/N-ethyl adjacent to an activating group) is 1. The number of nitrogens with one attached hydrogen (secondary N) is 1. The van der Waals surface area contributed by atoms with Gasteiger partial charge in [0.05, 0.1) is 16.5 Å². The van der Waals surface area contributed by atoms with Crippen molar-refractivity contribution in [3.63, 3.8) is 0 Å². The van der Waals surface area contributed by atoms with Crippen LogP contribution in [0.1, 0.15) is 22.0 Å². The van der Waals surface area contributed by atoms with Crippen LogP contribution < -0.4 is 5.32 Å². The number of nitro groups is 1. The molecule has 6 nitrogen and oxygen atoms in total. The number of benzene rings is 2. The number of nitrogens with zero attached hydrogens (tertiary/aromatic N) is 2. The summed E-state index contributed by atoms with van der Waals surface area (Å²) in [6.07, 6.45) is 0. The van der Waals surface area contributed by atoms with Crippen molar-refractivity contribution in [2.24, 2.45) is 0 Å². The summed E-state index contributed by atoms with van der Waals surface area (Å²) in [7, 11) is 3.72. The Balaban J connectivity index is 2.15. The van der Waals surface area contributed by atoms with E-state index in [9.17, 15) is 19.3 Å². The Morgan fingerprint density at radius 1 is 1.28 bits per heavy atom. The molecule has 1 amide bonds. The summed E-state index contributed by atoms with van der Waals surface area (Å²) in [5.41, 5.74) is 0.986. The molecule has 2 aromatic carbocycles. The Labute approximate surface area is 158 Å². The van der Waals surface area contributed by atoms with Crippen LogP contribution in [0.15, 0.2) is 42.5 Å². The highest BCUT2D eigenvalue weighted by molar-refractivity contribution is 14.1. The Hall–Kier alpha value is -2.07. The van der Waals surface area contributed by atoms with Gasteiger partial charge < -0.3 is 10.2 Å². The second-order valence-corrected chi connectivity index (χ2v) is 6.82. The summed E-state index contributed by atoms with van der Waals surface area (Å²) < 4.78 is 13.7. The summed E-state index contributed by atoms with van der Waals surface area (Å²) in [5.74, 6) is -0.710. The average molecular weight is 457 g/mol. The van der Waals surface area contributed by atoms with Crippen LogP contribution in [-0.2, 0) is 0 Å². The quantitative estimate of drug-likeness (QED) is 0.410. The Morgan fingerprint density at radius 3 is 2.48 bits per heavy atom. The van der Waals surface area contributed by atoms with Gasteiger partial charge in [0.1, 0.15) is 5.82 Å². The van der Waals surface area contributed by atoms with Crippen molar-refractivity contribution in [1.82, 2.24) is 10.2 Å². The molecule has 25 heavy (non-hydrogen) atoms. The van der Waals surface area contributed by atoms with E-state index in [0.717, 1.165) is 5.56 Å². The van der Waals surface area contributed by atoms with Crippen molar-refractivity contribution < 1.29 is 14.1 Å². The molecule has 0 spiro atoms. The first kappa shape index (κ1) is 19.3. The van der Waals surface area contributed by atoms with Crippen molar-refractivity contribution >= 4 is 34.2 Å². The van der Waals surface area contributed by atoms with E-state index < -0.39 is 4.92 Å². The predicted octanol–water partition coefficient (Wildman–Crippen LogP) is 3.37. The lowest BCUT2D eigenvalue weighted by Gasteiger charge is -2.25. The van der Waals surface area contributed by atoms with E-state index >= 15 is 0 Å². The number of rotatable bonds is 6. The fraction of sp³-hybridized carbons (Fsp3) is 0.235. The molecule has 0 aliphatic carbocycles. The molecule has 1 unspecified atom stereocenters. The molecule has 0 aliphatic rings. The molecule has 1 atom stereocenters. The van der Waals surface area contributed by atoms with Crippen LogP contribution >= 0.6 is 22.6 Å². The number of hydrogen-bond donors (Lipinski definition) is 1. The first-order valence-electron chi connectivity index (χ1n) is 7.43. The van der Waals surface area contributed by atoms with Crippen molar-refractivity contribution in [1.29, 1.82) is 0 Å². The van der Waals surface area contributed by atoms with Gasteiger partial charge in [-0.2, -0.15) is 0 Å². The van der Waals surface area contributed by atoms with Crippen LogP contribution in [0, 0.1) is 19.5 Å². The number of non-ortho nitro benzene ring substituents is 1. The van der Waals surface area contributed by atoms with Gasteiger partial charge >= 0.3 is 0 Å². The highest BCUT2D eigenvalue weighted by Gasteiger charge is 2.19. The Morgan fingerprint density at radius 2 is 1.92 bits per heavy atom. The van der Waals surface area contributed by atoms with Gasteiger partial charge in [0.25, 0.3) is 11.6 Å². The lowest BCUT2D eigenvalue weighted by atomic mass is 10.1. The topological polar surface area (TPSA) is 75.5 Å². The molecule has 132 valence electrons. The third-order valence-corrected chi connectivity index (χ3v) is 4.68. The van der Waals surface area contributed by atoms with Crippen LogP contribution in [0.4, 0.5) is 10.1 Å². The minimum Gasteiger partial charge on any atom is -0.350 e. The molecule has 0 aromatic heterocycles. The fourth-order valence-corrected chi connectivity index (χ4v) is 2.95. The lowest BCUT2D eigenvalue weighted by Crippen LogP contribution is -2.34. The molecule has 0 heterocycles. The van der Waals surface area contributed by atoms with Crippen LogP contribution in [0.5, 0.6) is 0 Å². The molecule has 1 N–H and O–H groups in total. The molecule has 0 aliphatic heterocycles. The number of hydrogen-bond acceptors (Lipinski definition) is 4. The number of carbonyl (C=O) groups excluding carboxylic acids is 1. The summed E-state index contributed by atoms with van der Waals surface area (Å²) in [5, 5.41) is 13.7. The van der Waals surface area contributed by atoms with Crippen LogP contribution in [-0.4, -0.2) is 36.4 Å². The first-order valence-corrected chi connectivity index (χ1v) is 8.51. The molecular formula is C17H17FIN3O3. The molecule has 0 radical (unpaired) electrons. The van der Waals surface area contributed by atoms with Crippen molar-refractivity contribution in [3.05, 3.63) is 73.1 Å². The molecule has 2 aromatic rings. The van der Waals surface area contributed by atoms with Gasteiger partial charge in [-0.25, -0.2) is 4.39 Å². The molecule has 0 bridgehead atoms. The van der Waals surface area contributed by atoms with Gasteiger partial charge in [-0.3, -0.25) is 14.9 Å². The second-order valence-electron chi connectivity index (χ2n) is 5.66. The standard InChI is InChI=1S/C17H17FIN3O3/c1-21(2)16(11-3-5-12(18)6-4-11)10-20-17(23)14-9-13(22(24)25)7-8-15(14)19/h3-9,16H,10H2,1-2H3,(H,20,23). The lowest BCUT2D eigenvalue weighted by molar-refractivity contribution is -0.384. The van der Waals surface area contributed by atoms with Gasteiger partial charge in [0.2, 0.25) is 0 Å². The Bertz CT molecular complexity index is 781. The highest BCUT2D eigenvalue weighted by Crippen LogP contribution is 2.21. The maximum absolute atomic E-state index is 13.1. The molecule has 2 rings (SSSR count). The number of amides is 1. The number of carbonyl (C=O) groups is 1. The van der Waals surface area contributed by atoms with E-state index in [1.807, 2.05) is 41.6 Å². The molecular weight excluding hydrogens is 440 g/mol. The zero-order valence-corrected chi connectivity index (χ0v) is 15.9. The van der Waals surface area contributed by atoms with Crippen LogP contribution in [0.25, 0.3) is 0 Å². The first-order chi connectivity index (χ1) is 11.8. The second kappa shape index (κ2) is 8.34. The van der Waals surface area contributed by atoms with E-state index in [0.29, 0.717) is 3.57 Å². The summed E-state index contributed by atoms with van der Waals surface area (Å²) >= 11 is 1.97. The van der Waals surface area contributed by atoms with Crippen LogP contribution in [0.2, 0.25) is 0 Å². The Kier molecular flexibility index (Phi) is 6.43. The molecule has 0 saturated heterocycles. The summed E-state index contributed by atoms with van der Waals surface area (Å²) in [4.78, 5) is 24.7. The SMILES string of the molecule is CN(C)C(CNC(=O)c1cc([N+](=O)[O-])ccc1I)c1ccc(F)cc1. The van der Waals surface area contributed by atoms with E-state index in [4.69, 9.17) is 0 Å². The predicted molar refractivity (Wildman–Crippen MR) is 101 cm³/mol. The maximum atomic E-state index is 13.1. The fourth-order valence-electron chi connectivity index (χ4n) is 2.37. The maximum Gasteiger partial charge on any atom is 0.270 e. The molecule has 0 saturated carbocycles. The third kappa shape index (κ3) is 4.95.